The van der Waals surface area contributed by atoms with Crippen LogP contribution in [0.4, 0.5) is 0 Å². The van der Waals surface area contributed by atoms with E-state index in [1.807, 2.05) is 42.6 Å². The Morgan fingerprint density at radius 3 is 2.76 bits per heavy atom. The molecule has 84 valence electrons. The van der Waals surface area contributed by atoms with Crippen LogP contribution in [0.15, 0.2) is 53.3 Å². The molecule has 4 heteroatoms. The van der Waals surface area contributed by atoms with Crippen LogP contribution in [0.2, 0.25) is 0 Å². The molecule has 0 aliphatic rings. The maximum Gasteiger partial charge on any atom is 0.154 e. The average Bonchev–Trinajstić information content (AvgIpc) is 2.76. The molecule has 0 radical (unpaired) electrons. The number of hydrogen-bond donors (Lipinski definition) is 1. The van der Waals surface area contributed by atoms with Gasteiger partial charge in [0, 0.05) is 16.9 Å². The van der Waals surface area contributed by atoms with Crippen molar-refractivity contribution >= 4 is 27.0 Å². The van der Waals surface area contributed by atoms with Gasteiger partial charge in [0.1, 0.15) is 11.4 Å². The molecule has 1 aromatic carbocycles. The van der Waals surface area contributed by atoms with Gasteiger partial charge >= 0.3 is 0 Å². The summed E-state index contributed by atoms with van der Waals surface area (Å²) in [4.78, 5) is 7.29. The summed E-state index contributed by atoms with van der Waals surface area (Å²) in [5.41, 5.74) is 0.833. The van der Waals surface area contributed by atoms with E-state index in [4.69, 9.17) is 4.74 Å². The number of fused-ring (bicyclic) bond motifs is 1. The number of halogens is 1. The molecule has 0 fully saturated rings. The lowest BCUT2D eigenvalue weighted by atomic mass is 10.3. The molecule has 2 heterocycles. The summed E-state index contributed by atoms with van der Waals surface area (Å²) in [5.74, 6) is 1.59. The summed E-state index contributed by atoms with van der Waals surface area (Å²) < 4.78 is 6.83. The number of aromatic amines is 1. The molecule has 0 aliphatic heterocycles. The lowest BCUT2D eigenvalue weighted by Gasteiger charge is -2.03. The Balaban J connectivity index is 1.97. The van der Waals surface area contributed by atoms with Gasteiger partial charge in [0.15, 0.2) is 5.75 Å². The molecule has 0 spiro atoms. The fraction of sp³-hybridized carbons (Fsp3) is 0. The van der Waals surface area contributed by atoms with Gasteiger partial charge in [-0.15, -0.1) is 0 Å². The van der Waals surface area contributed by atoms with Gasteiger partial charge in [0.25, 0.3) is 0 Å². The largest absolute Gasteiger partial charge is 0.455 e. The van der Waals surface area contributed by atoms with E-state index in [-0.39, 0.29) is 0 Å². The van der Waals surface area contributed by atoms with Crippen LogP contribution < -0.4 is 4.74 Å². The molecule has 0 atom stereocenters. The number of ether oxygens (including phenoxy) is 1. The highest BCUT2D eigenvalue weighted by Gasteiger charge is 2.05. The van der Waals surface area contributed by atoms with E-state index in [9.17, 15) is 0 Å². The average molecular weight is 289 g/mol. The number of H-pyrrole nitrogens is 1. The topological polar surface area (TPSA) is 37.9 Å². The molecule has 0 amide bonds. The minimum absolute atomic E-state index is 0.787. The SMILES string of the molecule is Brc1ccc(Oc2c[nH]c3ncccc23)cc1. The van der Waals surface area contributed by atoms with E-state index < -0.39 is 0 Å². The van der Waals surface area contributed by atoms with Crippen LogP contribution >= 0.6 is 15.9 Å². The molecule has 3 rings (SSSR count). The van der Waals surface area contributed by atoms with E-state index in [0.717, 1.165) is 27.0 Å². The molecule has 3 aromatic rings. The maximum absolute atomic E-state index is 5.79. The van der Waals surface area contributed by atoms with Gasteiger partial charge in [-0.25, -0.2) is 4.98 Å². The van der Waals surface area contributed by atoms with Gasteiger partial charge < -0.3 is 9.72 Å². The van der Waals surface area contributed by atoms with E-state index in [2.05, 4.69) is 25.9 Å². The van der Waals surface area contributed by atoms with Crippen molar-refractivity contribution in [1.82, 2.24) is 9.97 Å². The smallest absolute Gasteiger partial charge is 0.154 e. The highest BCUT2D eigenvalue weighted by Crippen LogP contribution is 2.29. The second kappa shape index (κ2) is 4.22. The predicted molar refractivity (Wildman–Crippen MR) is 70.3 cm³/mol. The van der Waals surface area contributed by atoms with Crippen LogP contribution in [-0.2, 0) is 0 Å². The molecule has 2 aromatic heterocycles. The van der Waals surface area contributed by atoms with Gasteiger partial charge in [-0.1, -0.05) is 15.9 Å². The first kappa shape index (κ1) is 10.4. The van der Waals surface area contributed by atoms with Gasteiger partial charge in [0.05, 0.1) is 5.39 Å². The second-order valence-electron chi connectivity index (χ2n) is 3.61. The van der Waals surface area contributed by atoms with Crippen molar-refractivity contribution in [2.24, 2.45) is 0 Å². The third-order valence-corrected chi connectivity index (χ3v) is 2.98. The molecule has 1 N–H and O–H groups in total. The Hall–Kier alpha value is -1.81. The molecule has 0 bridgehead atoms. The van der Waals surface area contributed by atoms with Crippen molar-refractivity contribution in [3.63, 3.8) is 0 Å². The highest BCUT2D eigenvalue weighted by molar-refractivity contribution is 9.10. The second-order valence-corrected chi connectivity index (χ2v) is 4.52. The van der Waals surface area contributed by atoms with Crippen LogP contribution in [0.25, 0.3) is 11.0 Å². The van der Waals surface area contributed by atoms with Gasteiger partial charge in [-0.05, 0) is 36.4 Å². The van der Waals surface area contributed by atoms with E-state index in [0.29, 0.717) is 0 Å². The van der Waals surface area contributed by atoms with Crippen molar-refractivity contribution in [1.29, 1.82) is 0 Å². The lowest BCUT2D eigenvalue weighted by molar-refractivity contribution is 0.488. The number of hydrogen-bond acceptors (Lipinski definition) is 2. The van der Waals surface area contributed by atoms with E-state index in [1.165, 1.54) is 0 Å². The first-order valence-electron chi connectivity index (χ1n) is 5.18. The van der Waals surface area contributed by atoms with Gasteiger partial charge in [-0.2, -0.15) is 0 Å². The summed E-state index contributed by atoms with van der Waals surface area (Å²) in [6.45, 7) is 0. The normalized spacial score (nSPS) is 10.6. The standard InChI is InChI=1S/C13H9BrN2O/c14-9-3-5-10(6-4-9)17-12-8-16-13-11(12)2-1-7-15-13/h1-8H,(H,15,16). The van der Waals surface area contributed by atoms with Crippen LogP contribution in [-0.4, -0.2) is 9.97 Å². The fourth-order valence-corrected chi connectivity index (χ4v) is 1.91. The molecular weight excluding hydrogens is 280 g/mol. The molecule has 0 unspecified atom stereocenters. The van der Waals surface area contributed by atoms with Crippen LogP contribution in [0.3, 0.4) is 0 Å². The number of nitrogens with one attached hydrogen (secondary N) is 1. The number of nitrogens with zero attached hydrogens (tertiary/aromatic N) is 1. The van der Waals surface area contributed by atoms with Gasteiger partial charge in [0.2, 0.25) is 0 Å². The van der Waals surface area contributed by atoms with Crippen LogP contribution in [0.1, 0.15) is 0 Å². The molecule has 3 nitrogen and oxygen atoms in total. The summed E-state index contributed by atoms with van der Waals surface area (Å²) in [7, 11) is 0. The van der Waals surface area contributed by atoms with Crippen LogP contribution in [0, 0.1) is 0 Å². The monoisotopic (exact) mass is 288 g/mol. The first-order valence-corrected chi connectivity index (χ1v) is 5.98. The molecule has 0 aliphatic carbocycles. The molecule has 0 saturated carbocycles. The lowest BCUT2D eigenvalue weighted by Crippen LogP contribution is -1.82. The molecule has 0 saturated heterocycles. The van der Waals surface area contributed by atoms with E-state index in [1.54, 1.807) is 6.20 Å². The van der Waals surface area contributed by atoms with Crippen molar-refractivity contribution in [2.45, 2.75) is 0 Å². The van der Waals surface area contributed by atoms with Crippen molar-refractivity contribution in [3.8, 4) is 11.5 Å². The molecule has 17 heavy (non-hydrogen) atoms. The number of pyridine rings is 1. The predicted octanol–water partition coefficient (Wildman–Crippen LogP) is 4.12. The zero-order chi connectivity index (χ0) is 11.7. The van der Waals surface area contributed by atoms with Gasteiger partial charge in [-0.3, -0.25) is 0 Å². The zero-order valence-electron chi connectivity index (χ0n) is 8.85. The Morgan fingerprint density at radius 1 is 1.12 bits per heavy atom. The summed E-state index contributed by atoms with van der Waals surface area (Å²) in [6, 6.07) is 11.6. The van der Waals surface area contributed by atoms with Crippen LogP contribution in [0.5, 0.6) is 11.5 Å². The quantitative estimate of drug-likeness (QED) is 0.770. The minimum atomic E-state index is 0.787. The van der Waals surface area contributed by atoms with E-state index >= 15 is 0 Å². The number of aromatic nitrogens is 2. The van der Waals surface area contributed by atoms with Crippen molar-refractivity contribution in [2.75, 3.05) is 0 Å². The first-order chi connectivity index (χ1) is 8.33. The fourth-order valence-electron chi connectivity index (χ4n) is 1.64. The third-order valence-electron chi connectivity index (χ3n) is 2.45. The Kier molecular flexibility index (Phi) is 2.57. The minimum Gasteiger partial charge on any atom is -0.455 e. The summed E-state index contributed by atoms with van der Waals surface area (Å²) >= 11 is 3.39. The van der Waals surface area contributed by atoms with Crippen molar-refractivity contribution in [3.05, 3.63) is 53.3 Å². The number of benzene rings is 1. The Labute approximate surface area is 107 Å². The van der Waals surface area contributed by atoms with Crippen molar-refractivity contribution < 1.29 is 4.74 Å². The number of rotatable bonds is 2. The molecular formula is C13H9BrN2O. The Morgan fingerprint density at radius 2 is 1.94 bits per heavy atom. The zero-order valence-corrected chi connectivity index (χ0v) is 10.4. The summed E-state index contributed by atoms with van der Waals surface area (Å²) in [5, 5.41) is 0.982. The Bertz CT molecular complexity index is 646. The third kappa shape index (κ3) is 2.03. The summed E-state index contributed by atoms with van der Waals surface area (Å²) in [6.07, 6.45) is 3.57. The highest BCUT2D eigenvalue weighted by atomic mass is 79.9. The maximum atomic E-state index is 5.79.